The maximum atomic E-state index is 11.1. The molecule has 0 aromatic heterocycles. The van der Waals surface area contributed by atoms with Crippen molar-refractivity contribution in [1.82, 2.24) is 10.6 Å². The van der Waals surface area contributed by atoms with E-state index in [1.165, 1.54) is 5.56 Å². The molecule has 0 radical (unpaired) electrons. The second-order valence-electron chi connectivity index (χ2n) is 20.7. The van der Waals surface area contributed by atoms with E-state index in [9.17, 15) is 24.3 Å². The van der Waals surface area contributed by atoms with Crippen LogP contribution in [0.2, 0.25) is 0 Å². The summed E-state index contributed by atoms with van der Waals surface area (Å²) in [7, 11) is 0. The second-order valence-corrected chi connectivity index (χ2v) is 20.7. The number of ether oxygens (including phenoxy) is 1. The lowest BCUT2D eigenvalue weighted by Crippen LogP contribution is -2.60. The van der Waals surface area contributed by atoms with Gasteiger partial charge in [-0.05, 0) is 39.2 Å². The predicted molar refractivity (Wildman–Crippen MR) is 258 cm³/mol. The largest absolute Gasteiger partial charge is 0.548 e. The van der Waals surface area contributed by atoms with Gasteiger partial charge in [-0.15, -0.1) is 0 Å². The first kappa shape index (κ1) is 67.3. The molecule has 13 nitrogen and oxygen atoms in total. The molecule has 0 aliphatic heterocycles. The molecule has 0 bridgehead atoms. The van der Waals surface area contributed by atoms with E-state index >= 15 is 0 Å². The van der Waals surface area contributed by atoms with Crippen LogP contribution in [0, 0.1) is 21.7 Å². The number of quaternary nitrogens is 4. The van der Waals surface area contributed by atoms with Crippen LogP contribution in [0.1, 0.15) is 127 Å². The van der Waals surface area contributed by atoms with Crippen LogP contribution in [-0.2, 0) is 38.7 Å². The molecule has 0 heterocycles. The Balaban J connectivity index is -0.000000216. The zero-order valence-corrected chi connectivity index (χ0v) is 42.5. The maximum Gasteiger partial charge on any atom is 0.407 e. The van der Waals surface area contributed by atoms with Crippen molar-refractivity contribution in [3.63, 3.8) is 0 Å². The number of nitrogens with one attached hydrogen (secondary N) is 2. The van der Waals surface area contributed by atoms with Crippen LogP contribution in [0.3, 0.4) is 0 Å². The molecule has 3 aromatic rings. The number of benzene rings is 3. The van der Waals surface area contributed by atoms with E-state index in [4.69, 9.17) is 4.74 Å². The summed E-state index contributed by atoms with van der Waals surface area (Å²) in [5, 5.41) is 15.7. The number of nitrogens with two attached hydrogens (primary N) is 1. The van der Waals surface area contributed by atoms with Gasteiger partial charge >= 0.3 is 6.09 Å². The molecule has 63 heavy (non-hydrogen) atoms. The van der Waals surface area contributed by atoms with Crippen LogP contribution in [0.4, 0.5) is 4.79 Å². The van der Waals surface area contributed by atoms with Crippen molar-refractivity contribution in [1.29, 1.82) is 0 Å². The van der Waals surface area contributed by atoms with Crippen molar-refractivity contribution >= 4 is 23.9 Å². The monoisotopic (exact) mass is 889 g/mol. The summed E-state index contributed by atoms with van der Waals surface area (Å²) in [6.45, 7) is 37.6. The van der Waals surface area contributed by atoms with Gasteiger partial charge in [0.05, 0.1) is 31.6 Å². The van der Waals surface area contributed by atoms with E-state index < -0.39 is 24.0 Å². The Morgan fingerprint density at radius 3 is 1.14 bits per heavy atom. The number of carboxylic acids is 1. The van der Waals surface area contributed by atoms with Crippen LogP contribution in [0.5, 0.6) is 0 Å². The maximum absolute atomic E-state index is 11.1. The lowest BCUT2D eigenvalue weighted by molar-refractivity contribution is -0.386. The third-order valence-corrected chi connectivity index (χ3v) is 5.17. The van der Waals surface area contributed by atoms with Crippen molar-refractivity contribution in [3.05, 3.63) is 108 Å². The van der Waals surface area contributed by atoms with Crippen molar-refractivity contribution < 1.29 is 52.0 Å². The Bertz CT molecular complexity index is 1460. The summed E-state index contributed by atoms with van der Waals surface area (Å²) in [4.78, 5) is 42.4. The van der Waals surface area contributed by atoms with Crippen LogP contribution in [-0.4, -0.2) is 56.1 Å². The molecule has 0 saturated carbocycles. The average Bonchev–Trinajstić information content (AvgIpc) is 3.15. The molecule has 0 spiro atoms. The Morgan fingerprint density at radius 2 is 0.889 bits per heavy atom. The third kappa shape index (κ3) is 81.6. The zero-order chi connectivity index (χ0) is 50.3. The summed E-state index contributed by atoms with van der Waals surface area (Å²) >= 11 is 0. The summed E-state index contributed by atoms with van der Waals surface area (Å²) in [5.41, 5.74) is 23.7. The molecule has 0 aliphatic rings. The molecule has 0 aliphatic carbocycles. The number of hydrogen-bond acceptors (Lipinski definition) is 6. The number of alkyl carbamates (subject to hydrolysis) is 1. The molecule has 3 aromatic carbocycles. The summed E-state index contributed by atoms with van der Waals surface area (Å²) in [6.07, 6.45) is -0.174. The molecule has 362 valence electrons. The fourth-order valence-electron chi connectivity index (χ4n) is 2.92. The minimum atomic E-state index is -1.29. The summed E-state index contributed by atoms with van der Waals surface area (Å²) < 4.78 is 4.95. The topological polar surface area (TPSA) is 261 Å². The van der Waals surface area contributed by atoms with E-state index in [-0.39, 0.29) is 25.4 Å². The van der Waals surface area contributed by atoms with Gasteiger partial charge in [0, 0.05) is 5.56 Å². The number of amides is 3. The van der Waals surface area contributed by atoms with Gasteiger partial charge < -0.3 is 53.9 Å². The molecule has 3 amide bonds. The van der Waals surface area contributed by atoms with Crippen molar-refractivity contribution in [3.8, 4) is 0 Å². The predicted octanol–water partition coefficient (Wildman–Crippen LogP) is 4.21. The Hall–Kier alpha value is -4.82. The number of carboxylic acid groups (broad SMARTS) is 1. The van der Waals surface area contributed by atoms with E-state index in [0.717, 1.165) is 17.7 Å². The fraction of sp³-hybridized carbons (Fsp3) is 0.560. The van der Waals surface area contributed by atoms with Gasteiger partial charge in [0.2, 0.25) is 0 Å². The van der Waals surface area contributed by atoms with E-state index in [1.807, 2.05) is 66.7 Å². The van der Waals surface area contributed by atoms with Gasteiger partial charge in [-0.2, -0.15) is 0 Å². The number of carbonyl (C=O) groups excluding carboxylic acids is 4. The lowest BCUT2D eigenvalue weighted by atomic mass is 10.0. The number of hydrogen-bond donors (Lipinski definition) is 7. The third-order valence-electron chi connectivity index (χ3n) is 5.17. The van der Waals surface area contributed by atoms with Gasteiger partial charge in [0.1, 0.15) is 6.61 Å². The number of aliphatic carboxylic acids is 1. The Labute approximate surface area is 383 Å². The second kappa shape index (κ2) is 38.8. The molecule has 0 fully saturated rings. The van der Waals surface area contributed by atoms with Gasteiger partial charge in [-0.1, -0.05) is 202 Å². The van der Waals surface area contributed by atoms with E-state index in [1.54, 1.807) is 12.1 Å². The van der Waals surface area contributed by atoms with Crippen molar-refractivity contribution in [2.45, 2.75) is 136 Å². The molecule has 0 unspecified atom stereocenters. The molecule has 0 saturated heterocycles. The average molecular weight is 889 g/mol. The highest BCUT2D eigenvalue weighted by atomic mass is 16.5. The van der Waals surface area contributed by atoms with Gasteiger partial charge in [-0.3, -0.25) is 9.59 Å². The van der Waals surface area contributed by atoms with Crippen LogP contribution < -0.4 is 44.4 Å². The molecule has 3 rings (SSSR count). The highest BCUT2D eigenvalue weighted by Crippen LogP contribution is 2.10. The highest BCUT2D eigenvalue weighted by Gasteiger charge is 2.14. The van der Waals surface area contributed by atoms with Crippen LogP contribution in [0.15, 0.2) is 91.0 Å². The highest BCUT2D eigenvalue weighted by molar-refractivity contribution is 5.83. The number of primary amides is 1. The smallest absolute Gasteiger partial charge is 0.407 e. The summed E-state index contributed by atoms with van der Waals surface area (Å²) in [6, 6.07) is 27.8. The minimum absolute atomic E-state index is 0.0125. The zero-order valence-electron chi connectivity index (χ0n) is 42.5. The first-order valence-corrected chi connectivity index (χ1v) is 21.6. The van der Waals surface area contributed by atoms with E-state index in [0.29, 0.717) is 41.4 Å². The van der Waals surface area contributed by atoms with Gasteiger partial charge in [0.25, 0.3) is 11.8 Å². The SMILES string of the molecule is CC(C)(C)C.CC(C)(C)C.CC(C)(C)C.CC(C)(C)C.NC(=O)C[NH3+].[NH3+]CC(=O)N[C@H](Cc1ccccc1)C(=O)[O-].[NH3+]CCNC(=O)OCc1ccccc1.[NH3+]Cc1ccccc1. The summed E-state index contributed by atoms with van der Waals surface area (Å²) in [5.74, 6) is -2.04. The molecular formula is C50H94N7O6+3. The Kier molecular flexibility index (Phi) is 41.4. The first-order valence-electron chi connectivity index (χ1n) is 21.6. The van der Waals surface area contributed by atoms with Crippen LogP contribution >= 0.6 is 0 Å². The Morgan fingerprint density at radius 1 is 0.571 bits per heavy atom. The van der Waals surface area contributed by atoms with Gasteiger partial charge in [-0.25, -0.2) is 4.79 Å². The van der Waals surface area contributed by atoms with Crippen molar-refractivity contribution in [2.24, 2.45) is 27.4 Å². The fourth-order valence-corrected chi connectivity index (χ4v) is 2.92. The lowest BCUT2D eigenvalue weighted by Gasteiger charge is -2.18. The first-order chi connectivity index (χ1) is 28.7. The minimum Gasteiger partial charge on any atom is -0.548 e. The quantitative estimate of drug-likeness (QED) is 0.148. The van der Waals surface area contributed by atoms with Gasteiger partial charge in [0.15, 0.2) is 13.1 Å². The van der Waals surface area contributed by atoms with E-state index in [2.05, 4.69) is 162 Å². The number of rotatable bonds is 11. The number of carbonyl (C=O) groups is 4. The van der Waals surface area contributed by atoms with Crippen molar-refractivity contribution in [2.75, 3.05) is 26.2 Å². The molecule has 16 N–H and O–H groups in total. The van der Waals surface area contributed by atoms with Crippen LogP contribution in [0.25, 0.3) is 0 Å². The molecule has 13 heteroatoms. The molecular weight excluding hydrogens is 795 g/mol. The molecule has 1 atom stereocenters. The normalized spacial score (nSPS) is 10.7. The standard InChI is InChI=1S/C11H14N2O3.C10H14N2O2.C7H9N.4C5H12.C2H6N2O/c12-7-10(14)13-9(11(15)16)6-8-4-2-1-3-5-8;11-6-7-12-10(13)14-8-9-4-2-1-3-5-9;8-6-7-4-2-1-3-5-7;4*1-5(2,3)4;3-1-2(4)5/h1-5,9H,6-7,12H2,(H,13,14)(H,15,16);1-5H,6-8,11H2,(H,12,13);1-5H,6,8H2;4*1-4H3;1,3H2,(H2,4,5)/p+3/t9-;;;;;;;/m1......./s1.